The topological polar surface area (TPSA) is 60.4 Å². The van der Waals surface area contributed by atoms with Crippen molar-refractivity contribution in [1.29, 1.82) is 0 Å². The van der Waals surface area contributed by atoms with Crippen LogP contribution in [0.5, 0.6) is 5.75 Å². The molecule has 2 heterocycles. The van der Waals surface area contributed by atoms with Crippen molar-refractivity contribution in [2.45, 2.75) is 12.6 Å². The predicted octanol–water partition coefficient (Wildman–Crippen LogP) is 7.70. The van der Waals surface area contributed by atoms with Gasteiger partial charge in [-0.3, -0.25) is 4.57 Å². The molecular weight excluding hydrogens is 515 g/mol. The van der Waals surface area contributed by atoms with Gasteiger partial charge in [0.05, 0.1) is 11.7 Å². The molecule has 0 aliphatic carbocycles. The summed E-state index contributed by atoms with van der Waals surface area (Å²) in [6, 6.07) is 25.0. The minimum atomic E-state index is -3.55. The van der Waals surface area contributed by atoms with Crippen molar-refractivity contribution in [2.24, 2.45) is 4.99 Å². The van der Waals surface area contributed by atoms with E-state index in [0.717, 1.165) is 22.4 Å². The molecule has 0 N–H and O–H groups in total. The van der Waals surface area contributed by atoms with E-state index in [2.05, 4.69) is 0 Å². The molecule has 2 aliphatic rings. The summed E-state index contributed by atoms with van der Waals surface area (Å²) in [4.78, 5) is 6.79. The second-order valence-electron chi connectivity index (χ2n) is 8.00. The number of ether oxygens (including phenoxy) is 1. The van der Waals surface area contributed by atoms with Gasteiger partial charge in [-0.05, 0) is 23.8 Å². The molecule has 0 fully saturated rings. The number of halogens is 1. The van der Waals surface area contributed by atoms with Crippen LogP contribution in [-0.4, -0.2) is 24.3 Å². The van der Waals surface area contributed by atoms with Crippen molar-refractivity contribution >= 4 is 41.8 Å². The maximum absolute atomic E-state index is 13.5. The molecule has 1 atom stereocenters. The lowest BCUT2D eigenvalue weighted by atomic mass is 10.00. The van der Waals surface area contributed by atoms with E-state index in [1.807, 2.05) is 89.8 Å². The summed E-state index contributed by atoms with van der Waals surface area (Å²) in [6.07, 6.45) is 2.05. The predicted molar refractivity (Wildman–Crippen MR) is 146 cm³/mol. The van der Waals surface area contributed by atoms with E-state index in [9.17, 15) is 4.57 Å². The molecule has 0 amide bonds. The fourth-order valence-electron chi connectivity index (χ4n) is 4.11. The number of hydrogen-bond donors (Lipinski definition) is 0. The molecule has 0 aromatic heterocycles. The van der Waals surface area contributed by atoms with Gasteiger partial charge in [-0.1, -0.05) is 90.1 Å². The highest BCUT2D eigenvalue weighted by Gasteiger charge is 2.44. The van der Waals surface area contributed by atoms with Crippen LogP contribution in [0, 0.1) is 0 Å². The molecule has 0 spiro atoms. The standard InChI is InChI=1S/C27H24ClN2O4PS/c1-32-35(31,33-2)26-18-36-27-29-23(19-10-4-3-5-11-19)16-24(30(26)27)21-13-7-9-15-25(21)34-17-20-12-6-8-14-22(20)28/h3-16,18,24H,17H2,1-2H3. The zero-order valence-electron chi connectivity index (χ0n) is 19.7. The molecule has 2 aliphatic heterocycles. The minimum Gasteiger partial charge on any atom is -0.488 e. The Labute approximate surface area is 219 Å². The van der Waals surface area contributed by atoms with E-state index in [0.29, 0.717) is 28.0 Å². The Balaban J connectivity index is 1.58. The fourth-order valence-corrected chi connectivity index (χ4v) is 6.85. The van der Waals surface area contributed by atoms with Crippen molar-refractivity contribution in [3.8, 4) is 5.75 Å². The maximum atomic E-state index is 13.5. The Kier molecular flexibility index (Phi) is 7.37. The number of thioether (sulfide) groups is 1. The zero-order chi connectivity index (χ0) is 25.1. The first-order valence-electron chi connectivity index (χ1n) is 11.2. The summed E-state index contributed by atoms with van der Waals surface area (Å²) in [6.45, 7) is 0.311. The molecule has 3 aromatic carbocycles. The van der Waals surface area contributed by atoms with Crippen molar-refractivity contribution < 1.29 is 18.3 Å². The van der Waals surface area contributed by atoms with Gasteiger partial charge in [0.2, 0.25) is 0 Å². The lowest BCUT2D eigenvalue weighted by Gasteiger charge is -2.35. The van der Waals surface area contributed by atoms with Gasteiger partial charge in [0.15, 0.2) is 5.17 Å². The Morgan fingerprint density at radius 3 is 2.42 bits per heavy atom. The summed E-state index contributed by atoms with van der Waals surface area (Å²) in [5.41, 5.74) is 4.02. The lowest BCUT2D eigenvalue weighted by molar-refractivity contribution is 0.269. The third-order valence-electron chi connectivity index (χ3n) is 5.94. The zero-order valence-corrected chi connectivity index (χ0v) is 22.2. The summed E-state index contributed by atoms with van der Waals surface area (Å²) in [5.74, 6) is 0.688. The molecule has 0 saturated carbocycles. The van der Waals surface area contributed by atoms with Crippen molar-refractivity contribution in [1.82, 2.24) is 4.90 Å². The van der Waals surface area contributed by atoms with E-state index >= 15 is 0 Å². The van der Waals surface area contributed by atoms with Crippen molar-refractivity contribution in [2.75, 3.05) is 14.2 Å². The van der Waals surface area contributed by atoms with E-state index in [1.54, 1.807) is 5.41 Å². The molecule has 9 heteroatoms. The van der Waals surface area contributed by atoms with Gasteiger partial charge in [-0.2, -0.15) is 0 Å². The smallest absolute Gasteiger partial charge is 0.377 e. The van der Waals surface area contributed by atoms with Gasteiger partial charge in [0, 0.05) is 35.8 Å². The van der Waals surface area contributed by atoms with Crippen LogP contribution in [0.3, 0.4) is 0 Å². The van der Waals surface area contributed by atoms with Crippen LogP contribution in [0.25, 0.3) is 5.70 Å². The van der Waals surface area contributed by atoms with Gasteiger partial charge < -0.3 is 18.7 Å². The third kappa shape index (κ3) is 4.77. The number of aliphatic imine (C=N–C) groups is 1. The monoisotopic (exact) mass is 538 g/mol. The van der Waals surface area contributed by atoms with Gasteiger partial charge >= 0.3 is 7.60 Å². The van der Waals surface area contributed by atoms with Crippen molar-refractivity contribution in [3.63, 3.8) is 0 Å². The molecular formula is C27H24ClN2O4PS. The first-order chi connectivity index (χ1) is 17.5. The molecule has 0 saturated heterocycles. The van der Waals surface area contributed by atoms with Crippen LogP contribution in [0.15, 0.2) is 101 Å². The molecule has 1 unspecified atom stereocenters. The van der Waals surface area contributed by atoms with E-state index < -0.39 is 7.60 Å². The first-order valence-corrected chi connectivity index (χ1v) is 14.0. The maximum Gasteiger partial charge on any atom is 0.377 e. The largest absolute Gasteiger partial charge is 0.488 e. The number of amidine groups is 1. The Bertz CT molecular complexity index is 1400. The Morgan fingerprint density at radius 1 is 0.972 bits per heavy atom. The number of fused-ring (bicyclic) bond motifs is 1. The van der Waals surface area contributed by atoms with Gasteiger partial charge in [-0.25, -0.2) is 4.99 Å². The molecule has 5 rings (SSSR count). The van der Waals surface area contributed by atoms with Crippen LogP contribution >= 0.6 is 31.0 Å². The molecule has 6 nitrogen and oxygen atoms in total. The highest BCUT2D eigenvalue weighted by atomic mass is 35.5. The molecule has 0 bridgehead atoms. The molecule has 0 radical (unpaired) electrons. The van der Waals surface area contributed by atoms with Gasteiger partial charge in [0.25, 0.3) is 0 Å². The Hall–Kier alpha value is -2.80. The fraction of sp³-hybridized carbons (Fsp3) is 0.148. The summed E-state index contributed by atoms with van der Waals surface area (Å²) in [5, 5.41) is 3.12. The summed E-state index contributed by atoms with van der Waals surface area (Å²) < 4.78 is 30.5. The SMILES string of the molecule is COP(=O)(OC)C1=CSC2=NC(c3ccccc3)=CC(c3ccccc3OCc3ccccc3Cl)N12. The molecule has 36 heavy (non-hydrogen) atoms. The quantitative estimate of drug-likeness (QED) is 0.274. The highest BCUT2D eigenvalue weighted by molar-refractivity contribution is 8.16. The minimum absolute atomic E-state index is 0.311. The number of rotatable bonds is 8. The van der Waals surface area contributed by atoms with Crippen molar-refractivity contribution in [3.05, 3.63) is 117 Å². The average Bonchev–Trinajstić information content (AvgIpc) is 3.37. The number of nitrogens with zero attached hydrogens (tertiary/aromatic N) is 2. The number of para-hydroxylation sites is 1. The first kappa shape index (κ1) is 24.9. The van der Waals surface area contributed by atoms with Gasteiger partial charge in [0.1, 0.15) is 17.8 Å². The van der Waals surface area contributed by atoms with E-state index in [4.69, 9.17) is 30.4 Å². The molecule has 3 aromatic rings. The van der Waals surface area contributed by atoms with Crippen LogP contribution in [0.2, 0.25) is 5.02 Å². The average molecular weight is 539 g/mol. The van der Waals surface area contributed by atoms with Crippen LogP contribution in [0.1, 0.15) is 22.7 Å². The van der Waals surface area contributed by atoms with Crippen LogP contribution in [0.4, 0.5) is 0 Å². The lowest BCUT2D eigenvalue weighted by Crippen LogP contribution is -2.31. The van der Waals surface area contributed by atoms with Gasteiger partial charge in [-0.15, -0.1) is 0 Å². The summed E-state index contributed by atoms with van der Waals surface area (Å²) in [7, 11) is -0.785. The summed E-state index contributed by atoms with van der Waals surface area (Å²) >= 11 is 7.75. The highest BCUT2D eigenvalue weighted by Crippen LogP contribution is 2.62. The second kappa shape index (κ2) is 10.7. The second-order valence-corrected chi connectivity index (χ2v) is 11.4. The number of benzene rings is 3. The molecule has 184 valence electrons. The number of hydrogen-bond acceptors (Lipinski definition) is 7. The van der Waals surface area contributed by atoms with E-state index in [-0.39, 0.29) is 6.04 Å². The normalized spacial score (nSPS) is 17.2. The van der Waals surface area contributed by atoms with E-state index in [1.165, 1.54) is 26.0 Å². The van der Waals surface area contributed by atoms with Crippen LogP contribution in [-0.2, 0) is 20.2 Å². The third-order valence-corrected chi connectivity index (χ3v) is 9.19. The van der Waals surface area contributed by atoms with Crippen LogP contribution < -0.4 is 4.74 Å². The Morgan fingerprint density at radius 2 is 1.67 bits per heavy atom.